The number of hydrogen-bond acceptors (Lipinski definition) is 6. The summed E-state index contributed by atoms with van der Waals surface area (Å²) in [5, 5.41) is 22.7. The summed E-state index contributed by atoms with van der Waals surface area (Å²) in [6, 6.07) is 2.63. The van der Waals surface area contributed by atoms with Crippen LogP contribution >= 0.6 is 0 Å². The maximum Gasteiger partial charge on any atom is 0.293 e. The molecule has 1 aromatic carbocycles. The Morgan fingerprint density at radius 2 is 2.26 bits per heavy atom. The van der Waals surface area contributed by atoms with E-state index in [1.54, 1.807) is 0 Å². The molecular weight excluding hydrogens is 252 g/mol. The maximum atomic E-state index is 11.9. The number of aryl methyl sites for hydroxylation is 1. The number of fused-ring (bicyclic) bond motifs is 1. The summed E-state index contributed by atoms with van der Waals surface area (Å²) in [5.41, 5.74) is 0.0364. The second-order valence-electron chi connectivity index (χ2n) is 3.95. The first-order chi connectivity index (χ1) is 9.04. The minimum absolute atomic E-state index is 0.154. The van der Waals surface area contributed by atoms with Crippen LogP contribution in [-0.4, -0.2) is 32.7 Å². The molecule has 0 unspecified atom stereocenters. The number of anilines is 1. The second kappa shape index (κ2) is 5.02. The molecule has 0 atom stereocenters. The average molecular weight is 264 g/mol. The normalized spacial score (nSPS) is 10.6. The highest BCUT2D eigenvalue weighted by molar-refractivity contribution is 5.86. The Bertz CT molecular complexity index is 695. The van der Waals surface area contributed by atoms with E-state index in [0.29, 0.717) is 5.52 Å². The summed E-state index contributed by atoms with van der Waals surface area (Å²) in [7, 11) is 1.53. The molecule has 0 bridgehead atoms. The number of nitro benzene ring substituents is 1. The number of nitrogens with one attached hydrogen (secondary N) is 1. The maximum absolute atomic E-state index is 11.9. The third-order valence-electron chi connectivity index (χ3n) is 2.66. The van der Waals surface area contributed by atoms with Gasteiger partial charge in [0.15, 0.2) is 0 Å². The van der Waals surface area contributed by atoms with Crippen LogP contribution in [-0.2, 0) is 7.05 Å². The third kappa shape index (κ3) is 2.38. The largest absolute Gasteiger partial charge is 0.395 e. The molecule has 0 saturated heterocycles. The van der Waals surface area contributed by atoms with Crippen molar-refractivity contribution >= 4 is 22.3 Å². The quantitative estimate of drug-likeness (QED) is 0.604. The Morgan fingerprint density at radius 1 is 1.53 bits per heavy atom. The number of rotatable bonds is 4. The summed E-state index contributed by atoms with van der Waals surface area (Å²) >= 11 is 0. The van der Waals surface area contributed by atoms with E-state index in [9.17, 15) is 14.9 Å². The first-order valence-corrected chi connectivity index (χ1v) is 5.53. The van der Waals surface area contributed by atoms with Crippen molar-refractivity contribution in [2.45, 2.75) is 0 Å². The first kappa shape index (κ1) is 13.0. The summed E-state index contributed by atoms with van der Waals surface area (Å²) in [6.45, 7) is 0.0242. The molecule has 0 fully saturated rings. The monoisotopic (exact) mass is 264 g/mol. The Balaban J connectivity index is 2.69. The van der Waals surface area contributed by atoms with Crippen LogP contribution in [0, 0.1) is 10.1 Å². The predicted molar refractivity (Wildman–Crippen MR) is 69.2 cm³/mol. The predicted octanol–water partition coefficient (Wildman–Crippen LogP) is 0.246. The lowest BCUT2D eigenvalue weighted by Gasteiger charge is -2.07. The topological polar surface area (TPSA) is 110 Å². The molecule has 0 saturated carbocycles. The molecule has 8 nitrogen and oxygen atoms in total. The molecule has 100 valence electrons. The molecule has 2 aromatic rings. The van der Waals surface area contributed by atoms with Crippen molar-refractivity contribution in [2.75, 3.05) is 18.5 Å². The van der Waals surface area contributed by atoms with Crippen molar-refractivity contribution in [3.05, 3.63) is 38.9 Å². The van der Waals surface area contributed by atoms with Gasteiger partial charge < -0.3 is 15.0 Å². The molecule has 2 rings (SSSR count). The van der Waals surface area contributed by atoms with Crippen molar-refractivity contribution in [1.82, 2.24) is 9.55 Å². The van der Waals surface area contributed by atoms with Crippen LogP contribution in [0.25, 0.3) is 10.9 Å². The van der Waals surface area contributed by atoms with Crippen LogP contribution in [0.1, 0.15) is 0 Å². The number of nitrogens with zero attached hydrogens (tertiary/aromatic N) is 3. The van der Waals surface area contributed by atoms with Gasteiger partial charge >= 0.3 is 0 Å². The lowest BCUT2D eigenvalue weighted by atomic mass is 10.2. The Kier molecular flexibility index (Phi) is 3.43. The van der Waals surface area contributed by atoms with E-state index in [1.165, 1.54) is 30.1 Å². The fourth-order valence-electron chi connectivity index (χ4n) is 1.73. The lowest BCUT2D eigenvalue weighted by molar-refractivity contribution is -0.383. The molecule has 0 aliphatic carbocycles. The molecule has 0 radical (unpaired) electrons. The highest BCUT2D eigenvalue weighted by Gasteiger charge is 2.17. The van der Waals surface area contributed by atoms with Gasteiger partial charge in [-0.3, -0.25) is 14.9 Å². The molecule has 0 amide bonds. The zero-order valence-corrected chi connectivity index (χ0v) is 10.2. The molecule has 8 heteroatoms. The Morgan fingerprint density at radius 3 is 2.89 bits per heavy atom. The van der Waals surface area contributed by atoms with Gasteiger partial charge in [0, 0.05) is 19.7 Å². The van der Waals surface area contributed by atoms with Crippen LogP contribution in [0.2, 0.25) is 0 Å². The summed E-state index contributed by atoms with van der Waals surface area (Å²) in [5.74, 6) is 0. The molecule has 1 heterocycles. The van der Waals surface area contributed by atoms with Gasteiger partial charge in [-0.1, -0.05) is 0 Å². The fraction of sp³-hybridized carbons (Fsp3) is 0.273. The number of nitro groups is 1. The second-order valence-corrected chi connectivity index (χ2v) is 3.95. The molecule has 1 aromatic heterocycles. The minimum atomic E-state index is -0.578. The van der Waals surface area contributed by atoms with Crippen molar-refractivity contribution < 1.29 is 10.0 Å². The van der Waals surface area contributed by atoms with Crippen molar-refractivity contribution in [2.24, 2.45) is 7.05 Å². The van der Waals surface area contributed by atoms with Gasteiger partial charge in [-0.25, -0.2) is 4.98 Å². The van der Waals surface area contributed by atoms with Gasteiger partial charge in [-0.2, -0.15) is 0 Å². The van der Waals surface area contributed by atoms with Crippen LogP contribution in [0.4, 0.5) is 11.4 Å². The average Bonchev–Trinajstić information content (AvgIpc) is 2.39. The zero-order chi connectivity index (χ0) is 14.0. The summed E-state index contributed by atoms with van der Waals surface area (Å²) < 4.78 is 1.26. The highest BCUT2D eigenvalue weighted by atomic mass is 16.6. The van der Waals surface area contributed by atoms with Crippen LogP contribution in [0.3, 0.4) is 0 Å². The number of aromatic nitrogens is 2. The molecule has 0 aliphatic rings. The third-order valence-corrected chi connectivity index (χ3v) is 2.66. The zero-order valence-electron chi connectivity index (χ0n) is 10.2. The standard InChI is InChI=1S/C11H12N4O4/c1-14-6-13-8-5-9(12-2-3-16)10(15(18)19)4-7(8)11(14)17/h4-6,12,16H,2-3H2,1H3. The SMILES string of the molecule is Cn1cnc2cc(NCCO)c([N+](=O)[O-])cc2c1=O. The van der Waals surface area contributed by atoms with Crippen LogP contribution < -0.4 is 10.9 Å². The number of benzene rings is 1. The molecule has 0 aliphatic heterocycles. The number of aliphatic hydroxyl groups is 1. The summed E-state index contributed by atoms with van der Waals surface area (Å²) in [4.78, 5) is 26.3. The van der Waals surface area contributed by atoms with Crippen LogP contribution in [0.15, 0.2) is 23.3 Å². The van der Waals surface area contributed by atoms with E-state index in [4.69, 9.17) is 5.11 Å². The van der Waals surface area contributed by atoms with Gasteiger partial charge in [0.2, 0.25) is 0 Å². The molecular formula is C11H12N4O4. The van der Waals surface area contributed by atoms with E-state index in [2.05, 4.69) is 10.3 Å². The Hall–Kier alpha value is -2.48. The van der Waals surface area contributed by atoms with Gasteiger partial charge in [-0.05, 0) is 6.07 Å². The van der Waals surface area contributed by atoms with E-state index in [-0.39, 0.29) is 35.5 Å². The van der Waals surface area contributed by atoms with E-state index in [1.807, 2.05) is 0 Å². The highest BCUT2D eigenvalue weighted by Crippen LogP contribution is 2.27. The lowest BCUT2D eigenvalue weighted by Crippen LogP contribution is -2.17. The summed E-state index contributed by atoms with van der Waals surface area (Å²) in [6.07, 6.45) is 1.35. The van der Waals surface area contributed by atoms with Crippen molar-refractivity contribution in [3.8, 4) is 0 Å². The van der Waals surface area contributed by atoms with E-state index >= 15 is 0 Å². The van der Waals surface area contributed by atoms with Gasteiger partial charge in [0.1, 0.15) is 5.69 Å². The van der Waals surface area contributed by atoms with Gasteiger partial charge in [-0.15, -0.1) is 0 Å². The van der Waals surface area contributed by atoms with Crippen molar-refractivity contribution in [3.63, 3.8) is 0 Å². The first-order valence-electron chi connectivity index (χ1n) is 5.53. The van der Waals surface area contributed by atoms with Crippen LogP contribution in [0.5, 0.6) is 0 Å². The number of aliphatic hydroxyl groups excluding tert-OH is 1. The van der Waals surface area contributed by atoms with Gasteiger partial charge in [0.25, 0.3) is 11.2 Å². The smallest absolute Gasteiger partial charge is 0.293 e. The molecule has 19 heavy (non-hydrogen) atoms. The minimum Gasteiger partial charge on any atom is -0.395 e. The molecule has 2 N–H and O–H groups in total. The Labute approximate surface area is 107 Å². The fourth-order valence-corrected chi connectivity index (χ4v) is 1.73. The van der Waals surface area contributed by atoms with Gasteiger partial charge in [0.05, 0.1) is 28.8 Å². The van der Waals surface area contributed by atoms with E-state index in [0.717, 1.165) is 0 Å². The van der Waals surface area contributed by atoms with Crippen molar-refractivity contribution in [1.29, 1.82) is 0 Å². The van der Waals surface area contributed by atoms with E-state index < -0.39 is 4.92 Å². The molecule has 0 spiro atoms. The number of hydrogen-bond donors (Lipinski definition) is 2.